The molecule has 6 N–H and O–H groups in total. The lowest BCUT2D eigenvalue weighted by atomic mass is 9.60. The number of phenols is 1. The van der Waals surface area contributed by atoms with E-state index in [4.69, 9.17) is 10.5 Å². The van der Waals surface area contributed by atoms with E-state index in [2.05, 4.69) is 0 Å². The smallest absolute Gasteiger partial charge is 0.338 e. The van der Waals surface area contributed by atoms with E-state index in [0.29, 0.717) is 22.3 Å². The van der Waals surface area contributed by atoms with Gasteiger partial charge in [-0.1, -0.05) is 18.2 Å². The Morgan fingerprint density at radius 2 is 1.84 bits per heavy atom. The van der Waals surface area contributed by atoms with Crippen LogP contribution in [0, 0.1) is 11.8 Å². The Bertz CT molecular complexity index is 1500. The van der Waals surface area contributed by atoms with Gasteiger partial charge in [-0.25, -0.2) is 4.79 Å². The van der Waals surface area contributed by atoms with E-state index >= 15 is 0 Å². The first-order valence-corrected chi connectivity index (χ1v) is 12.1. The van der Waals surface area contributed by atoms with Gasteiger partial charge >= 0.3 is 5.97 Å². The summed E-state index contributed by atoms with van der Waals surface area (Å²) in [5, 5.41) is 43.4. The number of phenolic OH excluding ortho intramolecular Hbond substituents is 1. The number of primary amides is 1. The molecule has 3 aliphatic rings. The van der Waals surface area contributed by atoms with Crippen LogP contribution in [0.4, 0.5) is 0 Å². The Morgan fingerprint density at radius 1 is 1.11 bits per heavy atom. The van der Waals surface area contributed by atoms with Crippen molar-refractivity contribution in [3.8, 4) is 16.9 Å². The molecule has 5 rings (SSSR count). The van der Waals surface area contributed by atoms with Crippen LogP contribution in [-0.2, 0) is 20.7 Å². The molecule has 0 fully saturated rings. The number of carbonyl (C=O) groups is 4. The molecule has 3 aliphatic carbocycles. The molecule has 0 bridgehead atoms. The van der Waals surface area contributed by atoms with E-state index < -0.39 is 58.0 Å². The van der Waals surface area contributed by atoms with Gasteiger partial charge in [-0.2, -0.15) is 0 Å². The number of Topliss-reactive ketones (excluding diaryl/α,β-unsaturated/α-hetero) is 2. The maximum Gasteiger partial charge on any atom is 0.338 e. The number of amides is 1. The molecule has 0 saturated heterocycles. The monoisotopic (exact) mass is 519 g/mol. The Morgan fingerprint density at radius 3 is 2.53 bits per heavy atom. The third-order valence-electron chi connectivity index (χ3n) is 7.63. The number of aliphatic hydroxyl groups is 3. The van der Waals surface area contributed by atoms with Crippen LogP contribution >= 0.6 is 0 Å². The second kappa shape index (κ2) is 8.84. The second-order valence-corrected chi connectivity index (χ2v) is 9.70. The third kappa shape index (κ3) is 3.52. The zero-order valence-corrected chi connectivity index (χ0v) is 20.4. The van der Waals surface area contributed by atoms with Crippen molar-refractivity contribution < 1.29 is 44.3 Å². The van der Waals surface area contributed by atoms with Crippen LogP contribution < -0.4 is 5.73 Å². The van der Waals surface area contributed by atoms with Gasteiger partial charge in [0.05, 0.1) is 17.7 Å². The quantitative estimate of drug-likeness (QED) is 0.299. The minimum absolute atomic E-state index is 0.0286. The first-order valence-electron chi connectivity index (χ1n) is 12.1. The van der Waals surface area contributed by atoms with Gasteiger partial charge in [-0.15, -0.1) is 0 Å². The van der Waals surface area contributed by atoms with Crippen molar-refractivity contribution in [2.24, 2.45) is 17.6 Å². The van der Waals surface area contributed by atoms with Crippen molar-refractivity contribution >= 4 is 23.4 Å². The molecule has 2 aromatic carbocycles. The number of allylic oxidation sites excluding steroid dienone is 2. The molecule has 38 heavy (non-hydrogen) atoms. The fourth-order valence-electron chi connectivity index (χ4n) is 5.92. The van der Waals surface area contributed by atoms with E-state index in [1.807, 2.05) is 0 Å². The average Bonchev–Trinajstić information content (AvgIpc) is 2.86. The first kappa shape index (κ1) is 25.2. The lowest BCUT2D eigenvalue weighted by molar-refractivity contribution is -0.144. The fourth-order valence-corrected chi connectivity index (χ4v) is 5.92. The molecule has 0 aliphatic heterocycles. The summed E-state index contributed by atoms with van der Waals surface area (Å²) >= 11 is 0. The normalized spacial score (nSPS) is 24.5. The summed E-state index contributed by atoms with van der Waals surface area (Å²) < 4.78 is 5.08. The molecule has 2 aromatic rings. The van der Waals surface area contributed by atoms with E-state index in [0.717, 1.165) is 0 Å². The summed E-state index contributed by atoms with van der Waals surface area (Å²) in [4.78, 5) is 50.8. The largest absolute Gasteiger partial charge is 0.511 e. The zero-order valence-electron chi connectivity index (χ0n) is 20.4. The number of nitrogens with two attached hydrogens (primary N) is 1. The molecule has 1 amide bonds. The van der Waals surface area contributed by atoms with Gasteiger partial charge in [0.25, 0.3) is 5.91 Å². The van der Waals surface area contributed by atoms with Gasteiger partial charge in [-0.3, -0.25) is 14.4 Å². The molecular weight excluding hydrogens is 494 g/mol. The summed E-state index contributed by atoms with van der Waals surface area (Å²) in [6, 6.07) is 9.57. The number of rotatable bonds is 4. The van der Waals surface area contributed by atoms with Crippen LogP contribution in [0.3, 0.4) is 0 Å². The van der Waals surface area contributed by atoms with Gasteiger partial charge in [-0.05, 0) is 60.6 Å². The molecule has 0 unspecified atom stereocenters. The second-order valence-electron chi connectivity index (χ2n) is 9.70. The number of benzene rings is 2. The summed E-state index contributed by atoms with van der Waals surface area (Å²) in [7, 11) is 0. The molecular formula is C28H25NO9. The first-order chi connectivity index (χ1) is 18.0. The number of aliphatic hydroxyl groups excluding tert-OH is 2. The molecule has 0 heterocycles. The minimum atomic E-state index is -2.61. The van der Waals surface area contributed by atoms with E-state index in [-0.39, 0.29) is 42.8 Å². The van der Waals surface area contributed by atoms with Gasteiger partial charge in [0.2, 0.25) is 5.78 Å². The highest BCUT2D eigenvalue weighted by molar-refractivity contribution is 6.24. The van der Waals surface area contributed by atoms with Gasteiger partial charge in [0, 0.05) is 17.9 Å². The number of esters is 1. The maximum absolute atomic E-state index is 13.7. The molecule has 0 spiro atoms. The highest BCUT2D eigenvalue weighted by atomic mass is 16.5. The van der Waals surface area contributed by atoms with Crippen molar-refractivity contribution in [1.29, 1.82) is 0 Å². The number of aromatic hydroxyl groups is 1. The van der Waals surface area contributed by atoms with E-state index in [9.17, 15) is 39.6 Å². The molecule has 0 aromatic heterocycles. The standard InChI is InChI=1S/C28H25NO9/c1-2-38-27(36)13-5-3-4-12(8-13)16-6-7-18(30)21-17(16)10-14-9-15-11-19(31)22(26(29)35)25(34)28(15,37)24(33)20(14)23(21)32/h3-8,14-15,30-31,33,37H,2,9-11H2,1H3,(H2,29,35)/t14-,15+,28+/m1/s1. The van der Waals surface area contributed by atoms with E-state index in [1.54, 1.807) is 37.3 Å². The maximum atomic E-state index is 13.7. The topological polar surface area (TPSA) is 184 Å². The number of fused-ring (bicyclic) bond motifs is 3. The zero-order chi connectivity index (χ0) is 27.5. The summed E-state index contributed by atoms with van der Waals surface area (Å²) in [5.41, 5.74) is 3.42. The van der Waals surface area contributed by atoms with Crippen molar-refractivity contribution in [2.45, 2.75) is 31.8 Å². The number of hydrogen-bond donors (Lipinski definition) is 5. The number of ketones is 2. The van der Waals surface area contributed by atoms with E-state index in [1.165, 1.54) is 6.07 Å². The molecule has 10 heteroatoms. The Kier molecular flexibility index (Phi) is 5.87. The van der Waals surface area contributed by atoms with Crippen molar-refractivity contribution in [3.05, 3.63) is 75.8 Å². The molecule has 0 radical (unpaired) electrons. The van der Waals surface area contributed by atoms with Crippen LogP contribution in [-0.4, -0.2) is 56.1 Å². The summed E-state index contributed by atoms with van der Waals surface area (Å²) in [5.74, 6) is -7.32. The van der Waals surface area contributed by atoms with Crippen molar-refractivity contribution in [1.82, 2.24) is 0 Å². The Labute approximate surface area is 216 Å². The molecule has 0 saturated carbocycles. The molecule has 3 atom stereocenters. The minimum Gasteiger partial charge on any atom is -0.511 e. The predicted molar refractivity (Wildman–Crippen MR) is 132 cm³/mol. The average molecular weight is 520 g/mol. The third-order valence-corrected chi connectivity index (χ3v) is 7.63. The number of ether oxygens (including phenoxy) is 1. The predicted octanol–water partition coefficient (Wildman–Crippen LogP) is 2.42. The molecule has 10 nitrogen and oxygen atoms in total. The SMILES string of the molecule is CCOC(=O)c1cccc(-c2ccc(O)c3c2C[C@H]2C[C@H]4CC(O)=C(C(N)=O)C(=O)[C@@]4(O)C(O)=C2C3=O)c1. The van der Waals surface area contributed by atoms with Crippen molar-refractivity contribution in [2.75, 3.05) is 6.61 Å². The van der Waals surface area contributed by atoms with Gasteiger partial charge < -0.3 is 30.9 Å². The van der Waals surface area contributed by atoms with Gasteiger partial charge in [0.15, 0.2) is 11.4 Å². The van der Waals surface area contributed by atoms with Crippen LogP contribution in [0.15, 0.2) is 59.1 Å². The van der Waals surface area contributed by atoms with Gasteiger partial charge in [0.1, 0.15) is 22.8 Å². The van der Waals surface area contributed by atoms with Crippen LogP contribution in [0.2, 0.25) is 0 Å². The van der Waals surface area contributed by atoms with Crippen LogP contribution in [0.1, 0.15) is 46.0 Å². The summed E-state index contributed by atoms with van der Waals surface area (Å²) in [6.07, 6.45) is -0.119. The highest BCUT2D eigenvalue weighted by Crippen LogP contribution is 2.52. The number of carbonyl (C=O) groups excluding carboxylic acids is 4. The van der Waals surface area contributed by atoms with Crippen LogP contribution in [0.25, 0.3) is 11.1 Å². The Balaban J connectivity index is 1.64. The lowest BCUT2D eigenvalue weighted by Crippen LogP contribution is -2.57. The summed E-state index contributed by atoms with van der Waals surface area (Å²) in [6.45, 7) is 1.90. The fraction of sp³-hybridized carbons (Fsp3) is 0.286. The number of hydrogen-bond acceptors (Lipinski definition) is 9. The van der Waals surface area contributed by atoms with Crippen molar-refractivity contribution in [3.63, 3.8) is 0 Å². The molecule has 196 valence electrons. The lowest BCUT2D eigenvalue weighted by Gasteiger charge is -2.45. The highest BCUT2D eigenvalue weighted by Gasteiger charge is 2.59. The van der Waals surface area contributed by atoms with Crippen LogP contribution in [0.5, 0.6) is 5.75 Å². The Hall–Kier alpha value is -4.44.